The zero-order chi connectivity index (χ0) is 23.8. The first-order valence-electron chi connectivity index (χ1n) is 10.9. The summed E-state index contributed by atoms with van der Waals surface area (Å²) in [5.41, 5.74) is -0.204. The van der Waals surface area contributed by atoms with Gasteiger partial charge in [0.25, 0.3) is 5.89 Å². The molecule has 3 atom stereocenters. The summed E-state index contributed by atoms with van der Waals surface area (Å²) in [6.07, 6.45) is -1.03. The third-order valence-electron chi connectivity index (χ3n) is 5.64. The molecule has 2 fully saturated rings. The van der Waals surface area contributed by atoms with E-state index in [1.54, 1.807) is 11.8 Å². The molecule has 10 heteroatoms. The summed E-state index contributed by atoms with van der Waals surface area (Å²) in [5, 5.41) is 12.8. The van der Waals surface area contributed by atoms with Crippen molar-refractivity contribution in [2.24, 2.45) is 11.8 Å². The number of ether oxygens (including phenoxy) is 3. The van der Waals surface area contributed by atoms with Crippen LogP contribution in [0.15, 0.2) is 22.7 Å². The lowest BCUT2D eigenvalue weighted by Gasteiger charge is -2.47. The Balaban J connectivity index is 1.43. The van der Waals surface area contributed by atoms with Crippen molar-refractivity contribution in [3.05, 3.63) is 35.5 Å². The van der Waals surface area contributed by atoms with Gasteiger partial charge in [0, 0.05) is 24.9 Å². The number of benzene rings is 1. The molecule has 3 heterocycles. The molecule has 9 nitrogen and oxygen atoms in total. The number of amides is 1. The number of nitrogens with zero attached hydrogens (tertiary/aromatic N) is 4. The summed E-state index contributed by atoms with van der Waals surface area (Å²) < 4.78 is 37.2. The maximum absolute atomic E-state index is 14.3. The number of carbonyl (C=O) groups excluding carboxylic acids is 1. The molecule has 2 unspecified atom stereocenters. The Hall–Kier alpha value is -3.03. The minimum atomic E-state index is -0.601. The summed E-state index contributed by atoms with van der Waals surface area (Å²) in [6.45, 7) is 9.20. The second kappa shape index (κ2) is 9.08. The molecule has 0 spiro atoms. The Bertz CT molecular complexity index is 1050. The smallest absolute Gasteiger partial charge is 0.410 e. The average Bonchev–Trinajstić information content (AvgIpc) is 3.22. The molecule has 2 bridgehead atoms. The van der Waals surface area contributed by atoms with Crippen molar-refractivity contribution < 1.29 is 27.9 Å². The maximum atomic E-state index is 14.3. The number of rotatable bonds is 4. The van der Waals surface area contributed by atoms with Crippen LogP contribution in [-0.2, 0) is 14.2 Å². The highest BCUT2D eigenvalue weighted by Gasteiger charge is 2.44. The van der Waals surface area contributed by atoms with E-state index in [4.69, 9.17) is 24.0 Å². The van der Waals surface area contributed by atoms with Crippen LogP contribution in [0.2, 0.25) is 0 Å². The Morgan fingerprint density at radius 1 is 1.30 bits per heavy atom. The van der Waals surface area contributed by atoms with Crippen molar-refractivity contribution in [1.82, 2.24) is 15.0 Å². The highest BCUT2D eigenvalue weighted by molar-refractivity contribution is 5.68. The molecule has 2 saturated heterocycles. The van der Waals surface area contributed by atoms with Crippen molar-refractivity contribution in [2.75, 3.05) is 26.3 Å². The first-order valence-corrected chi connectivity index (χ1v) is 10.9. The molecule has 0 aliphatic carbocycles. The van der Waals surface area contributed by atoms with Gasteiger partial charge in [-0.1, -0.05) is 5.16 Å². The number of carbonyl (C=O) groups is 1. The van der Waals surface area contributed by atoms with Gasteiger partial charge in [-0.25, -0.2) is 9.18 Å². The van der Waals surface area contributed by atoms with E-state index in [0.717, 1.165) is 6.07 Å². The summed E-state index contributed by atoms with van der Waals surface area (Å²) in [4.78, 5) is 18.6. The Labute approximate surface area is 191 Å². The molecule has 0 N–H and O–H groups in total. The number of nitriles is 1. The van der Waals surface area contributed by atoms with Crippen LogP contribution in [0.5, 0.6) is 0 Å². The number of fused-ring (bicyclic) bond motifs is 2. The van der Waals surface area contributed by atoms with Crippen LogP contribution in [0.25, 0.3) is 11.4 Å². The fraction of sp³-hybridized carbons (Fsp3) is 0.565. The van der Waals surface area contributed by atoms with Crippen molar-refractivity contribution >= 4 is 6.09 Å². The van der Waals surface area contributed by atoms with E-state index >= 15 is 0 Å². The number of hydrogen-bond acceptors (Lipinski definition) is 8. The summed E-state index contributed by atoms with van der Waals surface area (Å²) >= 11 is 0. The van der Waals surface area contributed by atoms with Crippen LogP contribution in [0, 0.1) is 29.0 Å². The lowest BCUT2D eigenvalue weighted by molar-refractivity contribution is -0.168. The van der Waals surface area contributed by atoms with E-state index in [1.165, 1.54) is 12.1 Å². The summed E-state index contributed by atoms with van der Waals surface area (Å²) in [5.74, 6) is -0.333. The molecule has 0 saturated carbocycles. The minimum Gasteiger partial charge on any atom is -0.444 e. The largest absolute Gasteiger partial charge is 0.444 e. The number of halogens is 1. The Morgan fingerprint density at radius 2 is 2.00 bits per heavy atom. The van der Waals surface area contributed by atoms with Gasteiger partial charge in [-0.3, -0.25) is 0 Å². The quantitative estimate of drug-likeness (QED) is 0.682. The zero-order valence-corrected chi connectivity index (χ0v) is 19.1. The predicted molar refractivity (Wildman–Crippen MR) is 113 cm³/mol. The molecular weight excluding hydrogens is 431 g/mol. The molecule has 33 heavy (non-hydrogen) atoms. The second-order valence-electron chi connectivity index (χ2n) is 9.45. The summed E-state index contributed by atoms with van der Waals surface area (Å²) in [6, 6.07) is 5.96. The fourth-order valence-corrected chi connectivity index (χ4v) is 4.17. The van der Waals surface area contributed by atoms with Gasteiger partial charge in [-0.15, -0.1) is 0 Å². The van der Waals surface area contributed by atoms with Crippen LogP contribution in [0.1, 0.15) is 45.3 Å². The van der Waals surface area contributed by atoms with Crippen molar-refractivity contribution in [1.29, 1.82) is 5.26 Å². The Kier molecular flexibility index (Phi) is 6.36. The van der Waals surface area contributed by atoms with E-state index < -0.39 is 17.5 Å². The van der Waals surface area contributed by atoms with Crippen molar-refractivity contribution in [2.45, 2.75) is 45.5 Å². The van der Waals surface area contributed by atoms with Gasteiger partial charge in [0.1, 0.15) is 17.5 Å². The lowest BCUT2D eigenvalue weighted by atomic mass is 9.84. The molecule has 1 amide bonds. The maximum Gasteiger partial charge on any atom is 0.410 e. The normalized spacial score (nSPS) is 23.6. The van der Waals surface area contributed by atoms with Crippen LogP contribution < -0.4 is 0 Å². The highest BCUT2D eigenvalue weighted by Crippen LogP contribution is 2.34. The summed E-state index contributed by atoms with van der Waals surface area (Å²) in [7, 11) is 0. The fourth-order valence-electron chi connectivity index (χ4n) is 4.17. The molecule has 4 rings (SSSR count). The van der Waals surface area contributed by atoms with Gasteiger partial charge < -0.3 is 23.6 Å². The van der Waals surface area contributed by atoms with Crippen LogP contribution >= 0.6 is 0 Å². The van der Waals surface area contributed by atoms with Crippen molar-refractivity contribution in [3.8, 4) is 17.5 Å². The van der Waals surface area contributed by atoms with E-state index in [1.807, 2.05) is 26.8 Å². The number of aromatic nitrogens is 2. The van der Waals surface area contributed by atoms with Crippen molar-refractivity contribution in [3.63, 3.8) is 0 Å². The molecule has 2 aliphatic heterocycles. The first-order chi connectivity index (χ1) is 15.6. The number of likely N-dealkylation sites (tertiary alicyclic amines) is 1. The SMILES string of the molecule is C[C@@H](OC1C2COCC1CN(C(=O)OC(C)(C)C)C2)c1nc(-c2ccc(C#N)cc2F)no1. The second-order valence-corrected chi connectivity index (χ2v) is 9.45. The van der Waals surface area contributed by atoms with E-state index in [2.05, 4.69) is 10.1 Å². The van der Waals surface area contributed by atoms with Gasteiger partial charge >= 0.3 is 6.09 Å². The first kappa shape index (κ1) is 23.1. The van der Waals surface area contributed by atoms with Crippen LogP contribution in [0.4, 0.5) is 9.18 Å². The molecule has 1 aromatic heterocycles. The third-order valence-corrected chi connectivity index (χ3v) is 5.64. The van der Waals surface area contributed by atoms with Gasteiger partial charge in [0.2, 0.25) is 5.82 Å². The van der Waals surface area contributed by atoms with E-state index in [9.17, 15) is 9.18 Å². The van der Waals surface area contributed by atoms with E-state index in [-0.39, 0.29) is 46.9 Å². The average molecular weight is 458 g/mol. The highest BCUT2D eigenvalue weighted by atomic mass is 19.1. The standard InChI is InChI=1S/C23H27FN4O5/c1-13(21-26-20(27-33-21)17-6-5-14(8-25)7-18(17)24)31-19-15-9-28(10-16(19)12-30-11-15)22(29)32-23(2,3)4/h5-7,13,15-16,19H,9-12H2,1-4H3/t13-,15?,16?,19?/m1/s1. The van der Waals surface area contributed by atoms with E-state index in [0.29, 0.717) is 26.3 Å². The van der Waals surface area contributed by atoms with Crippen LogP contribution in [-0.4, -0.2) is 59.1 Å². The molecule has 1 aromatic carbocycles. The van der Waals surface area contributed by atoms with Crippen LogP contribution in [0.3, 0.4) is 0 Å². The monoisotopic (exact) mass is 458 g/mol. The predicted octanol–water partition coefficient (Wildman–Crippen LogP) is 3.71. The molecule has 176 valence electrons. The zero-order valence-electron chi connectivity index (χ0n) is 19.1. The third kappa shape index (κ3) is 5.15. The van der Waals surface area contributed by atoms with Gasteiger partial charge in [-0.05, 0) is 45.9 Å². The van der Waals surface area contributed by atoms with Gasteiger partial charge in [-0.2, -0.15) is 10.2 Å². The topological polar surface area (TPSA) is 111 Å². The molecule has 2 aromatic rings. The molecular formula is C23H27FN4O5. The molecule has 2 aliphatic rings. The lowest BCUT2D eigenvalue weighted by Crippen LogP contribution is -2.58. The number of piperidine rings is 1. The molecule has 0 radical (unpaired) electrons. The Morgan fingerprint density at radius 3 is 2.61 bits per heavy atom. The number of hydrogen-bond donors (Lipinski definition) is 0. The minimum absolute atomic E-state index is 0.0224. The van der Waals surface area contributed by atoms with Gasteiger partial charge in [0.05, 0.1) is 36.5 Å². The van der Waals surface area contributed by atoms with Gasteiger partial charge in [0.15, 0.2) is 0 Å².